The summed E-state index contributed by atoms with van der Waals surface area (Å²) in [5, 5.41) is 13.4. The molecule has 1 heterocycles. The predicted molar refractivity (Wildman–Crippen MR) is 64.1 cm³/mol. The number of nitrogens with two attached hydrogens (primary N) is 1. The van der Waals surface area contributed by atoms with E-state index in [0.717, 1.165) is 5.69 Å². The maximum Gasteiger partial charge on any atom is 0.326 e. The monoisotopic (exact) mass is 269 g/mol. The van der Waals surface area contributed by atoms with E-state index in [0.29, 0.717) is 13.0 Å². The van der Waals surface area contributed by atoms with Crippen molar-refractivity contribution in [2.45, 2.75) is 18.9 Å². The molecule has 1 aromatic heterocycles. The molecule has 0 aliphatic rings. The summed E-state index contributed by atoms with van der Waals surface area (Å²) in [6.45, 7) is 0.303. The van der Waals surface area contributed by atoms with Gasteiger partial charge in [-0.15, -0.1) is 0 Å². The van der Waals surface area contributed by atoms with Crippen molar-refractivity contribution >= 4 is 17.9 Å². The summed E-state index contributed by atoms with van der Waals surface area (Å²) in [6, 6.07) is -2.00. The number of hydrogen-bond donors (Lipinski definition) is 5. The third-order valence-electron chi connectivity index (χ3n) is 2.24. The summed E-state index contributed by atoms with van der Waals surface area (Å²) in [7, 11) is 0. The van der Waals surface area contributed by atoms with E-state index in [1.165, 1.54) is 6.33 Å². The molecule has 104 valence electrons. The molecule has 19 heavy (non-hydrogen) atoms. The average molecular weight is 269 g/mol. The first-order valence-corrected chi connectivity index (χ1v) is 5.51. The summed E-state index contributed by atoms with van der Waals surface area (Å²) in [5.41, 5.74) is 5.73. The van der Waals surface area contributed by atoms with E-state index in [-0.39, 0.29) is 0 Å². The van der Waals surface area contributed by atoms with Crippen molar-refractivity contribution in [1.82, 2.24) is 20.6 Å². The number of aromatic amines is 1. The van der Waals surface area contributed by atoms with Gasteiger partial charge in [0.2, 0.25) is 5.91 Å². The lowest BCUT2D eigenvalue weighted by Crippen LogP contribution is -2.48. The van der Waals surface area contributed by atoms with Crippen LogP contribution in [0.3, 0.4) is 0 Å². The minimum atomic E-state index is -1.33. The number of carbonyl (C=O) groups is 3. The Hall–Kier alpha value is -2.58. The van der Waals surface area contributed by atoms with Gasteiger partial charge < -0.3 is 26.5 Å². The third-order valence-corrected chi connectivity index (χ3v) is 2.24. The lowest BCUT2D eigenvalue weighted by molar-refractivity contribution is -0.140. The molecular weight excluding hydrogens is 254 g/mol. The second-order valence-electron chi connectivity index (χ2n) is 3.79. The lowest BCUT2D eigenvalue weighted by atomic mass is 10.2. The first-order chi connectivity index (χ1) is 8.99. The number of amides is 3. The first-order valence-electron chi connectivity index (χ1n) is 5.51. The number of carbonyl (C=O) groups excluding carboxylic acids is 2. The largest absolute Gasteiger partial charge is 0.480 e. The summed E-state index contributed by atoms with van der Waals surface area (Å²) in [6.07, 6.45) is 3.21. The van der Waals surface area contributed by atoms with Crippen LogP contribution in [0.1, 0.15) is 12.1 Å². The number of aromatic nitrogens is 2. The number of urea groups is 1. The Labute approximate surface area is 108 Å². The molecule has 6 N–H and O–H groups in total. The molecule has 0 spiro atoms. The van der Waals surface area contributed by atoms with Gasteiger partial charge in [0.1, 0.15) is 6.04 Å². The molecule has 9 nitrogen and oxygen atoms in total. The second kappa shape index (κ2) is 6.99. The zero-order valence-corrected chi connectivity index (χ0v) is 10.0. The van der Waals surface area contributed by atoms with Crippen molar-refractivity contribution in [1.29, 1.82) is 0 Å². The van der Waals surface area contributed by atoms with Crippen LogP contribution in [0.4, 0.5) is 4.79 Å². The van der Waals surface area contributed by atoms with Crippen LogP contribution >= 0.6 is 0 Å². The maximum atomic E-state index is 11.4. The van der Waals surface area contributed by atoms with Crippen LogP contribution in [0.15, 0.2) is 12.5 Å². The molecule has 1 atom stereocenters. The maximum absolute atomic E-state index is 11.4. The lowest BCUT2D eigenvalue weighted by Gasteiger charge is -2.13. The number of rotatable bonds is 7. The molecule has 1 aromatic rings. The third kappa shape index (κ3) is 5.52. The van der Waals surface area contributed by atoms with Gasteiger partial charge in [0.05, 0.1) is 12.7 Å². The van der Waals surface area contributed by atoms with Gasteiger partial charge in [-0.1, -0.05) is 0 Å². The Bertz CT molecular complexity index is 445. The first kappa shape index (κ1) is 14.5. The molecular formula is C10H15N5O4. The van der Waals surface area contributed by atoms with Crippen LogP contribution in [-0.4, -0.2) is 45.6 Å². The van der Waals surface area contributed by atoms with Gasteiger partial charge in [-0.05, 0) is 0 Å². The average Bonchev–Trinajstić information content (AvgIpc) is 2.80. The fourth-order valence-electron chi connectivity index (χ4n) is 1.34. The Morgan fingerprint density at radius 2 is 2.21 bits per heavy atom. The molecule has 0 saturated carbocycles. The molecule has 0 aliphatic carbocycles. The van der Waals surface area contributed by atoms with Crippen molar-refractivity contribution in [2.75, 3.05) is 6.54 Å². The van der Waals surface area contributed by atoms with Crippen molar-refractivity contribution in [3.05, 3.63) is 18.2 Å². The smallest absolute Gasteiger partial charge is 0.326 e. The number of carboxylic acid groups (broad SMARTS) is 1. The number of imidazole rings is 1. The van der Waals surface area contributed by atoms with Crippen molar-refractivity contribution in [2.24, 2.45) is 5.73 Å². The minimum Gasteiger partial charge on any atom is -0.480 e. The van der Waals surface area contributed by atoms with Gasteiger partial charge in [-0.3, -0.25) is 4.79 Å². The number of hydrogen-bond acceptors (Lipinski definition) is 4. The Kier molecular flexibility index (Phi) is 5.33. The van der Waals surface area contributed by atoms with Crippen LogP contribution in [-0.2, 0) is 16.0 Å². The molecule has 0 aromatic carbocycles. The Morgan fingerprint density at radius 3 is 2.74 bits per heavy atom. The van der Waals surface area contributed by atoms with Gasteiger partial charge in [0.25, 0.3) is 0 Å². The molecule has 1 rings (SSSR count). The van der Waals surface area contributed by atoms with Crippen LogP contribution in [0.5, 0.6) is 0 Å². The standard InChI is InChI=1S/C10H15N5O4/c11-8(16)3-7(9(17)18)15-10(19)13-2-1-6-4-12-5-14-6/h4-5,7H,1-3H2,(H2,11,16)(H,12,14)(H,17,18)(H2,13,15,19)/t7-/m1/s1. The van der Waals surface area contributed by atoms with E-state index in [2.05, 4.69) is 20.6 Å². The normalized spacial score (nSPS) is 11.6. The second-order valence-corrected chi connectivity index (χ2v) is 3.79. The number of primary amides is 1. The Morgan fingerprint density at radius 1 is 1.47 bits per heavy atom. The van der Waals surface area contributed by atoms with Crippen molar-refractivity contribution in [3.63, 3.8) is 0 Å². The van der Waals surface area contributed by atoms with E-state index in [1.807, 2.05) is 0 Å². The molecule has 3 amide bonds. The van der Waals surface area contributed by atoms with Crippen LogP contribution < -0.4 is 16.4 Å². The van der Waals surface area contributed by atoms with Crippen LogP contribution in [0, 0.1) is 0 Å². The fourth-order valence-corrected chi connectivity index (χ4v) is 1.34. The summed E-state index contributed by atoms with van der Waals surface area (Å²) in [4.78, 5) is 39.5. The summed E-state index contributed by atoms with van der Waals surface area (Å²) in [5.74, 6) is -2.12. The molecule has 0 saturated heterocycles. The molecule has 0 aliphatic heterocycles. The molecule has 0 radical (unpaired) electrons. The van der Waals surface area contributed by atoms with Gasteiger partial charge in [0, 0.05) is 24.9 Å². The van der Waals surface area contributed by atoms with Gasteiger partial charge in [-0.25, -0.2) is 14.6 Å². The molecule has 9 heteroatoms. The van der Waals surface area contributed by atoms with Gasteiger partial charge in [0.15, 0.2) is 0 Å². The molecule has 0 unspecified atom stereocenters. The highest BCUT2D eigenvalue weighted by molar-refractivity contribution is 5.87. The Balaban J connectivity index is 2.32. The van der Waals surface area contributed by atoms with Crippen LogP contribution in [0.25, 0.3) is 0 Å². The van der Waals surface area contributed by atoms with E-state index >= 15 is 0 Å². The topological polar surface area (TPSA) is 150 Å². The van der Waals surface area contributed by atoms with E-state index in [9.17, 15) is 14.4 Å². The van der Waals surface area contributed by atoms with E-state index in [4.69, 9.17) is 10.8 Å². The number of carboxylic acids is 1. The quantitative estimate of drug-likeness (QED) is 0.411. The minimum absolute atomic E-state index is 0.303. The fraction of sp³-hybridized carbons (Fsp3) is 0.400. The van der Waals surface area contributed by atoms with Gasteiger partial charge >= 0.3 is 12.0 Å². The molecule has 0 fully saturated rings. The predicted octanol–water partition coefficient (Wildman–Crippen LogP) is -1.42. The van der Waals surface area contributed by atoms with Crippen molar-refractivity contribution in [3.8, 4) is 0 Å². The van der Waals surface area contributed by atoms with Crippen molar-refractivity contribution < 1.29 is 19.5 Å². The van der Waals surface area contributed by atoms with Crippen LogP contribution in [0.2, 0.25) is 0 Å². The number of aliphatic carboxylic acids is 1. The van der Waals surface area contributed by atoms with E-state index < -0.39 is 30.4 Å². The number of H-pyrrole nitrogens is 1. The highest BCUT2D eigenvalue weighted by Gasteiger charge is 2.21. The summed E-state index contributed by atoms with van der Waals surface area (Å²) >= 11 is 0. The highest BCUT2D eigenvalue weighted by atomic mass is 16.4. The summed E-state index contributed by atoms with van der Waals surface area (Å²) < 4.78 is 0. The van der Waals surface area contributed by atoms with Gasteiger partial charge in [-0.2, -0.15) is 0 Å². The number of nitrogens with zero attached hydrogens (tertiary/aromatic N) is 1. The zero-order valence-electron chi connectivity index (χ0n) is 10.0. The van der Waals surface area contributed by atoms with E-state index in [1.54, 1.807) is 6.20 Å². The zero-order chi connectivity index (χ0) is 14.3. The highest BCUT2D eigenvalue weighted by Crippen LogP contribution is 1.93. The molecule has 0 bridgehead atoms. The number of nitrogens with one attached hydrogen (secondary N) is 3. The SMILES string of the molecule is NC(=O)C[C@@H](NC(=O)NCCc1cnc[nH]1)C(=O)O.